The van der Waals surface area contributed by atoms with Crippen molar-refractivity contribution in [3.8, 4) is 0 Å². The zero-order valence-corrected chi connectivity index (χ0v) is 16.2. The van der Waals surface area contributed by atoms with E-state index >= 15 is 0 Å². The minimum Gasteiger partial charge on any atom is -0.353 e. The summed E-state index contributed by atoms with van der Waals surface area (Å²) >= 11 is 0. The van der Waals surface area contributed by atoms with Crippen molar-refractivity contribution < 1.29 is 9.59 Å². The van der Waals surface area contributed by atoms with Gasteiger partial charge in [0.1, 0.15) is 0 Å². The molecule has 3 fully saturated rings. The molecule has 3 heterocycles. The summed E-state index contributed by atoms with van der Waals surface area (Å²) in [5.74, 6) is 0.473. The Labute approximate surface area is 161 Å². The van der Waals surface area contributed by atoms with Gasteiger partial charge in [0.2, 0.25) is 5.91 Å². The lowest BCUT2D eigenvalue weighted by Gasteiger charge is -2.42. The Morgan fingerprint density at radius 2 is 1.85 bits per heavy atom. The summed E-state index contributed by atoms with van der Waals surface area (Å²) in [4.78, 5) is 33.7. The van der Waals surface area contributed by atoms with Gasteiger partial charge in [-0.2, -0.15) is 0 Å². The van der Waals surface area contributed by atoms with Gasteiger partial charge in [-0.25, -0.2) is 0 Å². The largest absolute Gasteiger partial charge is 0.353 e. The molecule has 2 amide bonds. The van der Waals surface area contributed by atoms with Crippen LogP contribution in [0.4, 0.5) is 0 Å². The fourth-order valence-electron chi connectivity index (χ4n) is 4.31. The van der Waals surface area contributed by atoms with Crippen LogP contribution in [0.5, 0.6) is 0 Å². The Morgan fingerprint density at radius 1 is 1.07 bits per heavy atom. The number of nitrogens with one attached hydrogen (secondary N) is 1. The highest BCUT2D eigenvalue weighted by Gasteiger charge is 2.34. The molecule has 0 bridgehead atoms. The van der Waals surface area contributed by atoms with Crippen molar-refractivity contribution in [1.29, 1.82) is 0 Å². The summed E-state index contributed by atoms with van der Waals surface area (Å²) in [6, 6.07) is 4.69. The zero-order valence-electron chi connectivity index (χ0n) is 16.2. The van der Waals surface area contributed by atoms with Crippen LogP contribution in [0.1, 0.15) is 54.6 Å². The number of hydrogen-bond acceptors (Lipinski definition) is 4. The molecule has 1 N–H and O–H groups in total. The van der Waals surface area contributed by atoms with Crippen LogP contribution in [-0.4, -0.2) is 64.9 Å². The van der Waals surface area contributed by atoms with E-state index in [1.54, 1.807) is 6.20 Å². The summed E-state index contributed by atoms with van der Waals surface area (Å²) in [6.07, 6.45) is 8.04. The van der Waals surface area contributed by atoms with E-state index in [9.17, 15) is 9.59 Å². The number of piperidine rings is 2. The molecule has 1 saturated carbocycles. The smallest absolute Gasteiger partial charge is 0.255 e. The molecule has 1 aliphatic carbocycles. The molecule has 146 valence electrons. The van der Waals surface area contributed by atoms with Gasteiger partial charge in [-0.15, -0.1) is 0 Å². The van der Waals surface area contributed by atoms with Crippen LogP contribution in [-0.2, 0) is 4.79 Å². The summed E-state index contributed by atoms with van der Waals surface area (Å²) in [5, 5.41) is 3.17. The fourth-order valence-corrected chi connectivity index (χ4v) is 4.31. The second-order valence-corrected chi connectivity index (χ2v) is 8.33. The molecule has 3 aliphatic rings. The third-order valence-corrected chi connectivity index (χ3v) is 6.17. The lowest BCUT2D eigenvalue weighted by molar-refractivity contribution is -0.127. The zero-order chi connectivity index (χ0) is 18.8. The molecule has 4 rings (SSSR count). The molecule has 1 aromatic heterocycles. The van der Waals surface area contributed by atoms with Crippen molar-refractivity contribution in [2.24, 2.45) is 5.92 Å². The minimum atomic E-state index is 0.0845. The first-order valence-electron chi connectivity index (χ1n) is 10.4. The molecule has 0 aromatic carbocycles. The lowest BCUT2D eigenvalue weighted by atomic mass is 9.93. The first kappa shape index (κ1) is 18.4. The van der Waals surface area contributed by atoms with Gasteiger partial charge >= 0.3 is 0 Å². The molecule has 6 heteroatoms. The Hall–Kier alpha value is -1.95. The number of carbonyl (C=O) groups is 2. The van der Waals surface area contributed by atoms with E-state index in [0.717, 1.165) is 70.4 Å². The van der Waals surface area contributed by atoms with Crippen molar-refractivity contribution in [3.05, 3.63) is 29.6 Å². The topological polar surface area (TPSA) is 65.5 Å². The number of rotatable bonds is 4. The van der Waals surface area contributed by atoms with Crippen molar-refractivity contribution in [1.82, 2.24) is 20.1 Å². The normalized spacial score (nSPS) is 24.6. The molecule has 6 nitrogen and oxygen atoms in total. The molecule has 0 spiro atoms. The number of hydrogen-bond donors (Lipinski definition) is 1. The standard InChI is InChI=1S/C21H30N4O2/c1-15-4-5-16(13-22-15)21(27)24-11-8-19(9-12-24)25-10-2-3-17(14-25)20(26)23-18-6-7-18/h4-5,13,17-19H,2-3,6-12,14H2,1H3,(H,23,26). The average molecular weight is 370 g/mol. The van der Waals surface area contributed by atoms with E-state index in [4.69, 9.17) is 0 Å². The minimum absolute atomic E-state index is 0.0845. The van der Waals surface area contributed by atoms with Gasteiger partial charge in [0.05, 0.1) is 11.5 Å². The fraction of sp³-hybridized carbons (Fsp3) is 0.667. The average Bonchev–Trinajstić information content (AvgIpc) is 3.52. The summed E-state index contributed by atoms with van der Waals surface area (Å²) in [5.41, 5.74) is 1.60. The predicted molar refractivity (Wildman–Crippen MR) is 103 cm³/mol. The maximum absolute atomic E-state index is 12.7. The molecule has 1 unspecified atom stereocenters. The van der Waals surface area contributed by atoms with Gasteiger partial charge in [0.25, 0.3) is 5.91 Å². The summed E-state index contributed by atoms with van der Waals surface area (Å²) in [6.45, 7) is 5.45. The molecule has 27 heavy (non-hydrogen) atoms. The number of amides is 2. The molecule has 2 aliphatic heterocycles. The van der Waals surface area contributed by atoms with Crippen LogP contribution in [0.2, 0.25) is 0 Å². The quantitative estimate of drug-likeness (QED) is 0.880. The van der Waals surface area contributed by atoms with Gasteiger partial charge in [0.15, 0.2) is 0 Å². The van der Waals surface area contributed by atoms with E-state index in [1.807, 2.05) is 24.0 Å². The lowest BCUT2D eigenvalue weighted by Crippen LogP contribution is -2.51. The maximum Gasteiger partial charge on any atom is 0.255 e. The van der Waals surface area contributed by atoms with E-state index in [0.29, 0.717) is 17.6 Å². The van der Waals surface area contributed by atoms with E-state index in [2.05, 4.69) is 15.2 Å². The first-order chi connectivity index (χ1) is 13.1. The van der Waals surface area contributed by atoms with Gasteiger partial charge in [-0.05, 0) is 64.1 Å². The monoisotopic (exact) mass is 370 g/mol. The van der Waals surface area contributed by atoms with Crippen LogP contribution >= 0.6 is 0 Å². The second-order valence-electron chi connectivity index (χ2n) is 8.33. The number of nitrogens with zero attached hydrogens (tertiary/aromatic N) is 3. The van der Waals surface area contributed by atoms with Crippen molar-refractivity contribution in [3.63, 3.8) is 0 Å². The summed E-state index contributed by atoms with van der Waals surface area (Å²) < 4.78 is 0. The molecule has 0 radical (unpaired) electrons. The Bertz CT molecular complexity index is 678. The molecule has 2 saturated heterocycles. The van der Waals surface area contributed by atoms with Crippen LogP contribution in [0, 0.1) is 12.8 Å². The molecule has 1 aromatic rings. The Morgan fingerprint density at radius 3 is 2.52 bits per heavy atom. The number of pyridine rings is 1. The van der Waals surface area contributed by atoms with Gasteiger partial charge in [0, 0.05) is 43.6 Å². The number of aryl methyl sites for hydroxylation is 1. The van der Waals surface area contributed by atoms with Crippen LogP contribution in [0.25, 0.3) is 0 Å². The van der Waals surface area contributed by atoms with Crippen molar-refractivity contribution in [2.45, 2.75) is 57.5 Å². The molecular weight excluding hydrogens is 340 g/mol. The van der Waals surface area contributed by atoms with E-state index < -0.39 is 0 Å². The first-order valence-corrected chi connectivity index (χ1v) is 10.4. The van der Waals surface area contributed by atoms with Crippen molar-refractivity contribution in [2.75, 3.05) is 26.2 Å². The van der Waals surface area contributed by atoms with E-state index in [1.165, 1.54) is 0 Å². The van der Waals surface area contributed by atoms with Crippen LogP contribution in [0.3, 0.4) is 0 Å². The number of likely N-dealkylation sites (tertiary alicyclic amines) is 2. The SMILES string of the molecule is Cc1ccc(C(=O)N2CCC(N3CCCC(C(=O)NC4CC4)C3)CC2)cn1. The third-order valence-electron chi connectivity index (χ3n) is 6.17. The molecule has 1 atom stereocenters. The maximum atomic E-state index is 12.7. The van der Waals surface area contributed by atoms with Gasteiger partial charge < -0.3 is 10.2 Å². The van der Waals surface area contributed by atoms with Crippen LogP contribution < -0.4 is 5.32 Å². The highest BCUT2D eigenvalue weighted by atomic mass is 16.2. The van der Waals surface area contributed by atoms with Crippen molar-refractivity contribution >= 4 is 11.8 Å². The third kappa shape index (κ3) is 4.49. The predicted octanol–water partition coefficient (Wildman–Crippen LogP) is 1.99. The Balaban J connectivity index is 1.28. The number of carbonyl (C=O) groups excluding carboxylic acids is 2. The second kappa shape index (κ2) is 7.97. The van der Waals surface area contributed by atoms with Crippen LogP contribution in [0.15, 0.2) is 18.3 Å². The number of aromatic nitrogens is 1. The van der Waals surface area contributed by atoms with Gasteiger partial charge in [-0.1, -0.05) is 0 Å². The highest BCUT2D eigenvalue weighted by Crippen LogP contribution is 2.26. The van der Waals surface area contributed by atoms with E-state index in [-0.39, 0.29) is 17.7 Å². The van der Waals surface area contributed by atoms with Gasteiger partial charge in [-0.3, -0.25) is 19.5 Å². The summed E-state index contributed by atoms with van der Waals surface area (Å²) in [7, 11) is 0. The molecular formula is C21H30N4O2. The highest BCUT2D eigenvalue weighted by molar-refractivity contribution is 5.94. The Kier molecular flexibility index (Phi) is 5.43.